The lowest BCUT2D eigenvalue weighted by Crippen LogP contribution is -2.20. The van der Waals surface area contributed by atoms with E-state index in [0.29, 0.717) is 22.9 Å². The molecule has 3 rings (SSSR count). The Hall–Kier alpha value is -3.94. The fourth-order valence-electron chi connectivity index (χ4n) is 2.88. The third-order valence-corrected chi connectivity index (χ3v) is 4.88. The lowest BCUT2D eigenvalue weighted by Gasteiger charge is -2.10. The third kappa shape index (κ3) is 5.57. The summed E-state index contributed by atoms with van der Waals surface area (Å²) in [6, 6.07) is 16.2. The molecule has 0 aliphatic heterocycles. The van der Waals surface area contributed by atoms with Crippen molar-refractivity contribution in [2.75, 3.05) is 11.9 Å². The SMILES string of the molecule is CCC(C)c1ccc(NC(=O)COC(=O)c2ccc(-c3ccc([N+](=O)[O-])cc3)o2)cc1. The summed E-state index contributed by atoms with van der Waals surface area (Å²) in [6.07, 6.45) is 1.03. The average molecular weight is 422 g/mol. The van der Waals surface area contributed by atoms with Crippen LogP contribution in [0.2, 0.25) is 0 Å². The summed E-state index contributed by atoms with van der Waals surface area (Å²) in [4.78, 5) is 34.4. The minimum absolute atomic E-state index is 0.0459. The van der Waals surface area contributed by atoms with E-state index in [2.05, 4.69) is 19.2 Å². The maximum Gasteiger partial charge on any atom is 0.374 e. The van der Waals surface area contributed by atoms with Crippen LogP contribution in [0.1, 0.15) is 42.3 Å². The summed E-state index contributed by atoms with van der Waals surface area (Å²) in [5, 5.41) is 13.4. The second-order valence-electron chi connectivity index (χ2n) is 7.02. The highest BCUT2D eigenvalue weighted by molar-refractivity contribution is 5.94. The van der Waals surface area contributed by atoms with Crippen molar-refractivity contribution in [3.05, 3.63) is 82.1 Å². The first kappa shape index (κ1) is 21.8. The number of rotatable bonds is 8. The van der Waals surface area contributed by atoms with E-state index in [1.807, 2.05) is 24.3 Å². The molecule has 0 saturated heterocycles. The fourth-order valence-corrected chi connectivity index (χ4v) is 2.88. The van der Waals surface area contributed by atoms with E-state index < -0.39 is 23.4 Å². The largest absolute Gasteiger partial charge is 0.450 e. The van der Waals surface area contributed by atoms with Crippen molar-refractivity contribution in [3.8, 4) is 11.3 Å². The van der Waals surface area contributed by atoms with Crippen molar-refractivity contribution in [1.82, 2.24) is 0 Å². The Bertz CT molecular complexity index is 1070. The lowest BCUT2D eigenvalue weighted by atomic mass is 9.99. The number of anilines is 1. The van der Waals surface area contributed by atoms with E-state index >= 15 is 0 Å². The van der Waals surface area contributed by atoms with Gasteiger partial charge in [0.25, 0.3) is 11.6 Å². The molecule has 8 heteroatoms. The number of nitro benzene ring substituents is 1. The number of carbonyl (C=O) groups is 2. The maximum atomic E-state index is 12.2. The monoisotopic (exact) mass is 422 g/mol. The predicted octanol–water partition coefficient (Wildman–Crippen LogP) is 5.16. The fraction of sp³-hybridized carbons (Fsp3) is 0.217. The Balaban J connectivity index is 1.53. The summed E-state index contributed by atoms with van der Waals surface area (Å²) >= 11 is 0. The van der Waals surface area contributed by atoms with Gasteiger partial charge in [-0.2, -0.15) is 0 Å². The second-order valence-corrected chi connectivity index (χ2v) is 7.02. The Kier molecular flexibility index (Phi) is 6.81. The zero-order valence-corrected chi connectivity index (χ0v) is 17.2. The number of amides is 1. The molecule has 0 aliphatic rings. The van der Waals surface area contributed by atoms with E-state index in [9.17, 15) is 19.7 Å². The van der Waals surface area contributed by atoms with E-state index in [0.717, 1.165) is 6.42 Å². The van der Waals surface area contributed by atoms with Gasteiger partial charge in [0.05, 0.1) is 4.92 Å². The van der Waals surface area contributed by atoms with Gasteiger partial charge in [0.15, 0.2) is 6.61 Å². The van der Waals surface area contributed by atoms with Gasteiger partial charge in [-0.15, -0.1) is 0 Å². The van der Waals surface area contributed by atoms with Crippen LogP contribution in [-0.4, -0.2) is 23.4 Å². The summed E-state index contributed by atoms with van der Waals surface area (Å²) in [5.41, 5.74) is 2.33. The highest BCUT2D eigenvalue weighted by Gasteiger charge is 2.16. The molecule has 1 heterocycles. The number of furan rings is 1. The summed E-state index contributed by atoms with van der Waals surface area (Å²) in [6.45, 7) is 3.79. The highest BCUT2D eigenvalue weighted by atomic mass is 16.6. The van der Waals surface area contributed by atoms with Gasteiger partial charge in [0.2, 0.25) is 5.76 Å². The third-order valence-electron chi connectivity index (χ3n) is 4.88. The zero-order chi connectivity index (χ0) is 22.4. The smallest absolute Gasteiger partial charge is 0.374 e. The molecule has 8 nitrogen and oxygen atoms in total. The molecule has 0 saturated carbocycles. The Morgan fingerprint density at radius 3 is 2.35 bits per heavy atom. The Morgan fingerprint density at radius 1 is 1.06 bits per heavy atom. The Labute approximate surface area is 179 Å². The first-order chi connectivity index (χ1) is 14.9. The molecule has 1 atom stereocenters. The molecule has 0 spiro atoms. The van der Waals surface area contributed by atoms with E-state index in [1.54, 1.807) is 6.07 Å². The minimum Gasteiger partial charge on any atom is -0.450 e. The quantitative estimate of drug-likeness (QED) is 0.305. The van der Waals surface area contributed by atoms with Crippen molar-refractivity contribution in [1.29, 1.82) is 0 Å². The maximum absolute atomic E-state index is 12.2. The average Bonchev–Trinajstić information content (AvgIpc) is 3.28. The van der Waals surface area contributed by atoms with Gasteiger partial charge in [-0.05, 0) is 54.3 Å². The number of hydrogen-bond acceptors (Lipinski definition) is 6. The van der Waals surface area contributed by atoms with Gasteiger partial charge in [0.1, 0.15) is 5.76 Å². The summed E-state index contributed by atoms with van der Waals surface area (Å²) in [5.74, 6) is -0.524. The predicted molar refractivity (Wildman–Crippen MR) is 115 cm³/mol. The molecule has 1 aromatic heterocycles. The molecule has 1 amide bonds. The van der Waals surface area contributed by atoms with Crippen LogP contribution in [0.25, 0.3) is 11.3 Å². The van der Waals surface area contributed by atoms with Crippen LogP contribution in [-0.2, 0) is 9.53 Å². The number of benzene rings is 2. The first-order valence-corrected chi connectivity index (χ1v) is 9.79. The highest BCUT2D eigenvalue weighted by Crippen LogP contribution is 2.25. The standard InChI is InChI=1S/C23H22N2O6/c1-3-15(2)16-4-8-18(9-5-16)24-22(26)14-30-23(27)21-13-12-20(31-21)17-6-10-19(11-7-17)25(28)29/h4-13,15H,3,14H2,1-2H3,(H,24,26). The molecule has 1 N–H and O–H groups in total. The van der Waals surface area contributed by atoms with Crippen LogP contribution >= 0.6 is 0 Å². The minimum atomic E-state index is -0.782. The van der Waals surface area contributed by atoms with Gasteiger partial charge in [-0.1, -0.05) is 26.0 Å². The molecule has 0 radical (unpaired) electrons. The van der Waals surface area contributed by atoms with Crippen molar-refractivity contribution < 1.29 is 23.7 Å². The number of ether oxygens (including phenoxy) is 1. The molecule has 3 aromatic rings. The molecule has 1 unspecified atom stereocenters. The van der Waals surface area contributed by atoms with Crippen LogP contribution in [0, 0.1) is 10.1 Å². The number of nitrogens with one attached hydrogen (secondary N) is 1. The Morgan fingerprint density at radius 2 is 1.74 bits per heavy atom. The van der Waals surface area contributed by atoms with Gasteiger partial charge < -0.3 is 14.5 Å². The van der Waals surface area contributed by atoms with Crippen molar-refractivity contribution in [2.45, 2.75) is 26.2 Å². The number of nitrogens with zero attached hydrogens (tertiary/aromatic N) is 1. The van der Waals surface area contributed by atoms with Crippen LogP contribution in [0.5, 0.6) is 0 Å². The van der Waals surface area contributed by atoms with Crippen LogP contribution in [0.3, 0.4) is 0 Å². The number of carbonyl (C=O) groups excluding carboxylic acids is 2. The van der Waals surface area contributed by atoms with Crippen LogP contribution in [0.4, 0.5) is 11.4 Å². The van der Waals surface area contributed by atoms with Crippen molar-refractivity contribution in [3.63, 3.8) is 0 Å². The molecular weight excluding hydrogens is 400 g/mol. The van der Waals surface area contributed by atoms with Gasteiger partial charge in [0, 0.05) is 23.4 Å². The normalized spacial score (nSPS) is 11.5. The first-order valence-electron chi connectivity index (χ1n) is 9.79. The topological polar surface area (TPSA) is 112 Å². The molecule has 31 heavy (non-hydrogen) atoms. The van der Waals surface area contributed by atoms with Gasteiger partial charge in [-0.25, -0.2) is 4.79 Å². The molecule has 0 aliphatic carbocycles. The number of non-ortho nitro benzene ring substituents is 1. The molecule has 0 fully saturated rings. The lowest BCUT2D eigenvalue weighted by molar-refractivity contribution is -0.384. The number of nitro groups is 1. The zero-order valence-electron chi connectivity index (χ0n) is 17.2. The van der Waals surface area contributed by atoms with E-state index in [1.165, 1.54) is 35.9 Å². The van der Waals surface area contributed by atoms with Gasteiger partial charge >= 0.3 is 5.97 Å². The molecular formula is C23H22N2O6. The number of esters is 1. The van der Waals surface area contributed by atoms with Crippen molar-refractivity contribution >= 4 is 23.3 Å². The second kappa shape index (κ2) is 9.71. The molecule has 160 valence electrons. The summed E-state index contributed by atoms with van der Waals surface area (Å²) in [7, 11) is 0. The summed E-state index contributed by atoms with van der Waals surface area (Å²) < 4.78 is 10.5. The van der Waals surface area contributed by atoms with Crippen molar-refractivity contribution in [2.24, 2.45) is 0 Å². The number of hydrogen-bond donors (Lipinski definition) is 1. The molecule has 2 aromatic carbocycles. The van der Waals surface area contributed by atoms with Gasteiger partial charge in [-0.3, -0.25) is 14.9 Å². The molecule has 0 bridgehead atoms. The van der Waals surface area contributed by atoms with Crippen LogP contribution < -0.4 is 5.32 Å². The van der Waals surface area contributed by atoms with E-state index in [-0.39, 0.29) is 11.4 Å². The van der Waals surface area contributed by atoms with Crippen LogP contribution in [0.15, 0.2) is 65.1 Å². The van der Waals surface area contributed by atoms with E-state index in [4.69, 9.17) is 9.15 Å².